The first-order chi connectivity index (χ1) is 8.79. The van der Waals surface area contributed by atoms with Crippen LogP contribution in [0.5, 0.6) is 5.75 Å². The second kappa shape index (κ2) is 5.82. The molecule has 2 nitrogen and oxygen atoms in total. The van der Waals surface area contributed by atoms with Gasteiger partial charge in [-0.1, -0.05) is 36.4 Å². The van der Waals surface area contributed by atoms with Gasteiger partial charge in [-0.25, -0.2) is 4.79 Å². The van der Waals surface area contributed by atoms with E-state index in [1.54, 1.807) is 24.3 Å². The molecule has 90 valence electrons. The van der Waals surface area contributed by atoms with Crippen LogP contribution in [0.15, 0.2) is 67.3 Å². The van der Waals surface area contributed by atoms with Gasteiger partial charge in [-0.3, -0.25) is 0 Å². The van der Waals surface area contributed by atoms with Crippen molar-refractivity contribution in [1.29, 1.82) is 0 Å². The minimum atomic E-state index is -0.341. The summed E-state index contributed by atoms with van der Waals surface area (Å²) in [5, 5.41) is 0. The Balaban J connectivity index is 2.07. The molecule has 0 aliphatic heterocycles. The van der Waals surface area contributed by atoms with Crippen LogP contribution in [0.4, 0.5) is 0 Å². The fourth-order valence-corrected chi connectivity index (χ4v) is 1.60. The summed E-state index contributed by atoms with van der Waals surface area (Å²) in [5.41, 5.74) is 1.67. The van der Waals surface area contributed by atoms with Crippen molar-refractivity contribution in [1.82, 2.24) is 0 Å². The third-order valence-electron chi connectivity index (χ3n) is 2.52. The first-order valence-electron chi connectivity index (χ1n) is 5.76. The molecule has 0 fully saturated rings. The Morgan fingerprint density at radius 2 is 1.72 bits per heavy atom. The topological polar surface area (TPSA) is 26.3 Å². The third kappa shape index (κ3) is 3.08. The lowest BCUT2D eigenvalue weighted by atomic mass is 10.1. The Morgan fingerprint density at radius 3 is 2.33 bits per heavy atom. The second-order valence-corrected chi connectivity index (χ2v) is 3.89. The highest BCUT2D eigenvalue weighted by atomic mass is 16.5. The van der Waals surface area contributed by atoms with E-state index < -0.39 is 0 Å². The van der Waals surface area contributed by atoms with Gasteiger partial charge in [0.1, 0.15) is 5.75 Å². The molecule has 2 heteroatoms. The molecule has 0 unspecified atom stereocenters. The van der Waals surface area contributed by atoms with E-state index in [0.29, 0.717) is 11.3 Å². The van der Waals surface area contributed by atoms with Crippen molar-refractivity contribution >= 4 is 5.97 Å². The predicted molar refractivity (Wildman–Crippen MR) is 71.7 cm³/mol. The van der Waals surface area contributed by atoms with Crippen molar-refractivity contribution in [3.05, 3.63) is 78.4 Å². The van der Waals surface area contributed by atoms with Crippen LogP contribution in [-0.4, -0.2) is 5.97 Å². The summed E-state index contributed by atoms with van der Waals surface area (Å²) in [6.07, 6.45) is 2.63. The fourth-order valence-electron chi connectivity index (χ4n) is 1.60. The molecule has 0 heterocycles. The maximum absolute atomic E-state index is 11.8. The molecule has 0 N–H and O–H groups in total. The Hall–Kier alpha value is -2.35. The average Bonchev–Trinajstić information content (AvgIpc) is 2.41. The van der Waals surface area contributed by atoms with Crippen molar-refractivity contribution in [3.8, 4) is 5.75 Å². The number of carbonyl (C=O) groups excluding carboxylic acids is 1. The van der Waals surface area contributed by atoms with Gasteiger partial charge in [-0.05, 0) is 36.2 Å². The lowest BCUT2D eigenvalue weighted by Gasteiger charge is -2.04. The largest absolute Gasteiger partial charge is 0.423 e. The van der Waals surface area contributed by atoms with E-state index in [0.717, 1.165) is 12.0 Å². The molecule has 0 saturated heterocycles. The van der Waals surface area contributed by atoms with E-state index in [4.69, 9.17) is 4.74 Å². The zero-order chi connectivity index (χ0) is 12.8. The highest BCUT2D eigenvalue weighted by molar-refractivity contribution is 5.91. The first-order valence-corrected chi connectivity index (χ1v) is 5.76. The van der Waals surface area contributed by atoms with Gasteiger partial charge in [0.05, 0.1) is 5.56 Å². The Bertz CT molecular complexity index is 527. The number of rotatable bonds is 4. The average molecular weight is 238 g/mol. The number of para-hydroxylation sites is 1. The zero-order valence-electron chi connectivity index (χ0n) is 10.0. The molecule has 18 heavy (non-hydrogen) atoms. The van der Waals surface area contributed by atoms with Crippen LogP contribution in [-0.2, 0) is 6.42 Å². The van der Waals surface area contributed by atoms with E-state index >= 15 is 0 Å². The van der Waals surface area contributed by atoms with E-state index in [1.165, 1.54) is 0 Å². The van der Waals surface area contributed by atoms with Gasteiger partial charge in [0.2, 0.25) is 0 Å². The monoisotopic (exact) mass is 238 g/mol. The summed E-state index contributed by atoms with van der Waals surface area (Å²) >= 11 is 0. The maximum Gasteiger partial charge on any atom is 0.343 e. The quantitative estimate of drug-likeness (QED) is 0.462. The van der Waals surface area contributed by atoms with Gasteiger partial charge in [0.25, 0.3) is 0 Å². The van der Waals surface area contributed by atoms with Crippen molar-refractivity contribution in [3.63, 3.8) is 0 Å². The van der Waals surface area contributed by atoms with Crippen LogP contribution in [0.2, 0.25) is 0 Å². The van der Waals surface area contributed by atoms with Crippen LogP contribution in [0, 0.1) is 0 Å². The summed E-state index contributed by atoms with van der Waals surface area (Å²) in [7, 11) is 0. The summed E-state index contributed by atoms with van der Waals surface area (Å²) in [6.45, 7) is 3.68. The van der Waals surface area contributed by atoms with Gasteiger partial charge in [-0.15, -0.1) is 6.58 Å². The fraction of sp³-hybridized carbons (Fsp3) is 0.0625. The molecule has 0 radical (unpaired) electrons. The molecule has 0 amide bonds. The summed E-state index contributed by atoms with van der Waals surface area (Å²) < 4.78 is 5.24. The maximum atomic E-state index is 11.8. The van der Waals surface area contributed by atoms with Gasteiger partial charge < -0.3 is 4.74 Å². The highest BCUT2D eigenvalue weighted by Crippen LogP contribution is 2.12. The first kappa shape index (κ1) is 12.1. The van der Waals surface area contributed by atoms with Gasteiger partial charge >= 0.3 is 5.97 Å². The molecular weight excluding hydrogens is 224 g/mol. The molecule has 0 aromatic heterocycles. The molecule has 0 aliphatic rings. The molecule has 0 aliphatic carbocycles. The van der Waals surface area contributed by atoms with Crippen molar-refractivity contribution in [2.45, 2.75) is 6.42 Å². The van der Waals surface area contributed by atoms with Crippen LogP contribution in [0.1, 0.15) is 15.9 Å². The predicted octanol–water partition coefficient (Wildman–Crippen LogP) is 3.63. The van der Waals surface area contributed by atoms with Crippen LogP contribution >= 0.6 is 0 Å². The van der Waals surface area contributed by atoms with Gasteiger partial charge in [0.15, 0.2) is 0 Å². The number of allylic oxidation sites excluding steroid dienone is 1. The summed E-state index contributed by atoms with van der Waals surface area (Å²) in [5.74, 6) is 0.212. The minimum absolute atomic E-state index is 0.341. The molecule has 2 aromatic rings. The lowest BCUT2D eigenvalue weighted by Crippen LogP contribution is -2.08. The SMILES string of the molecule is C=CCc1ccc(C(=O)Oc2ccccc2)cc1. The number of benzene rings is 2. The smallest absolute Gasteiger partial charge is 0.343 e. The molecule has 0 spiro atoms. The second-order valence-electron chi connectivity index (χ2n) is 3.89. The zero-order valence-corrected chi connectivity index (χ0v) is 10.0. The third-order valence-corrected chi connectivity index (χ3v) is 2.52. The number of ether oxygens (including phenoxy) is 1. The molecular formula is C16H14O2. The number of esters is 1. The Labute approximate surface area is 107 Å². The minimum Gasteiger partial charge on any atom is -0.423 e. The molecule has 0 bridgehead atoms. The van der Waals surface area contributed by atoms with Crippen LogP contribution in [0.25, 0.3) is 0 Å². The van der Waals surface area contributed by atoms with Gasteiger partial charge in [0, 0.05) is 0 Å². The van der Waals surface area contributed by atoms with Crippen LogP contribution in [0.3, 0.4) is 0 Å². The van der Waals surface area contributed by atoms with Crippen molar-refractivity contribution in [2.24, 2.45) is 0 Å². The van der Waals surface area contributed by atoms with E-state index in [-0.39, 0.29) is 5.97 Å². The van der Waals surface area contributed by atoms with E-state index in [2.05, 4.69) is 6.58 Å². The van der Waals surface area contributed by atoms with E-state index in [9.17, 15) is 4.79 Å². The highest BCUT2D eigenvalue weighted by Gasteiger charge is 2.07. The van der Waals surface area contributed by atoms with Crippen molar-refractivity contribution in [2.75, 3.05) is 0 Å². The van der Waals surface area contributed by atoms with E-state index in [1.807, 2.05) is 36.4 Å². The molecule has 0 saturated carbocycles. The van der Waals surface area contributed by atoms with Gasteiger partial charge in [-0.2, -0.15) is 0 Å². The number of carbonyl (C=O) groups is 1. The van der Waals surface area contributed by atoms with Crippen molar-refractivity contribution < 1.29 is 9.53 Å². The summed E-state index contributed by atoms with van der Waals surface area (Å²) in [4.78, 5) is 11.8. The number of hydrogen-bond donors (Lipinski definition) is 0. The molecule has 2 aromatic carbocycles. The lowest BCUT2D eigenvalue weighted by molar-refractivity contribution is 0.0735. The Morgan fingerprint density at radius 1 is 1.06 bits per heavy atom. The molecule has 2 rings (SSSR count). The normalized spacial score (nSPS) is 9.78. The summed E-state index contributed by atoms with van der Waals surface area (Å²) in [6, 6.07) is 16.4. The Kier molecular flexibility index (Phi) is 3.92. The molecule has 0 atom stereocenters. The van der Waals surface area contributed by atoms with Crippen LogP contribution < -0.4 is 4.74 Å². The standard InChI is InChI=1S/C16H14O2/c1-2-6-13-9-11-14(12-10-13)16(17)18-15-7-4-3-5-8-15/h2-5,7-12H,1,6H2. The number of hydrogen-bond acceptors (Lipinski definition) is 2.